The van der Waals surface area contributed by atoms with Crippen LogP contribution in [-0.2, 0) is 9.47 Å². The second-order valence-electron chi connectivity index (χ2n) is 10.5. The summed E-state index contributed by atoms with van der Waals surface area (Å²) in [5.41, 5.74) is 2.14. The van der Waals surface area contributed by atoms with Gasteiger partial charge in [0.15, 0.2) is 5.79 Å². The van der Waals surface area contributed by atoms with E-state index in [4.69, 9.17) is 9.47 Å². The Kier molecular flexibility index (Phi) is 3.96. The molecule has 146 valence electrons. The van der Waals surface area contributed by atoms with Crippen LogP contribution in [0.4, 0.5) is 0 Å². The van der Waals surface area contributed by atoms with Crippen LogP contribution in [0, 0.1) is 34.5 Å². The molecule has 26 heavy (non-hydrogen) atoms. The summed E-state index contributed by atoms with van der Waals surface area (Å²) in [6, 6.07) is 0. The van der Waals surface area contributed by atoms with Crippen LogP contribution in [0.3, 0.4) is 0 Å². The van der Waals surface area contributed by atoms with Crippen molar-refractivity contribution in [1.82, 2.24) is 0 Å². The monoisotopic (exact) mass is 360 g/mol. The van der Waals surface area contributed by atoms with Gasteiger partial charge in [0.2, 0.25) is 0 Å². The second kappa shape index (κ2) is 5.81. The van der Waals surface area contributed by atoms with Crippen molar-refractivity contribution in [3.8, 4) is 0 Å². The zero-order chi connectivity index (χ0) is 18.2. The molecule has 2 unspecified atom stereocenters. The van der Waals surface area contributed by atoms with E-state index in [1.54, 1.807) is 0 Å². The van der Waals surface area contributed by atoms with Gasteiger partial charge < -0.3 is 14.6 Å². The summed E-state index contributed by atoms with van der Waals surface area (Å²) in [6.07, 6.45) is 12.2. The number of ether oxygens (including phenoxy) is 2. The first-order valence-corrected chi connectivity index (χ1v) is 11.0. The van der Waals surface area contributed by atoms with Crippen LogP contribution in [0.25, 0.3) is 0 Å². The highest BCUT2D eigenvalue weighted by Crippen LogP contribution is 2.67. The lowest BCUT2D eigenvalue weighted by Gasteiger charge is -2.61. The Morgan fingerprint density at radius 3 is 2.50 bits per heavy atom. The predicted octanol–water partition coefficient (Wildman–Crippen LogP) is 4.69. The average molecular weight is 361 g/mol. The Morgan fingerprint density at radius 2 is 1.73 bits per heavy atom. The molecule has 7 atom stereocenters. The van der Waals surface area contributed by atoms with Crippen LogP contribution < -0.4 is 0 Å². The fourth-order valence-corrected chi connectivity index (χ4v) is 8.18. The van der Waals surface area contributed by atoms with Gasteiger partial charge in [-0.2, -0.15) is 0 Å². The Morgan fingerprint density at radius 1 is 0.962 bits per heavy atom. The quantitative estimate of drug-likeness (QED) is 0.690. The lowest BCUT2D eigenvalue weighted by atomic mass is 9.44. The summed E-state index contributed by atoms with van der Waals surface area (Å²) in [5, 5.41) is 10.2. The molecule has 5 aliphatic rings. The largest absolute Gasteiger partial charge is 0.393 e. The molecule has 3 heteroatoms. The van der Waals surface area contributed by atoms with E-state index in [0.717, 1.165) is 49.7 Å². The van der Waals surface area contributed by atoms with Crippen molar-refractivity contribution in [2.24, 2.45) is 34.5 Å². The van der Waals surface area contributed by atoms with Gasteiger partial charge in [-0.15, -0.1) is 0 Å². The third kappa shape index (κ3) is 2.29. The Balaban J connectivity index is 1.42. The molecule has 5 rings (SSSR count). The number of fused-ring (bicyclic) bond motifs is 5. The lowest BCUT2D eigenvalue weighted by Crippen LogP contribution is -2.54. The molecule has 0 spiro atoms. The number of hydrogen-bond donors (Lipinski definition) is 1. The van der Waals surface area contributed by atoms with Crippen LogP contribution in [-0.4, -0.2) is 30.2 Å². The van der Waals surface area contributed by atoms with Crippen LogP contribution in [0.15, 0.2) is 11.6 Å². The van der Waals surface area contributed by atoms with Gasteiger partial charge in [0.25, 0.3) is 0 Å². The fraction of sp³-hybridized carbons (Fsp3) is 0.913. The van der Waals surface area contributed by atoms with Crippen molar-refractivity contribution in [3.05, 3.63) is 11.6 Å². The molecule has 1 aliphatic heterocycles. The average Bonchev–Trinajstić information content (AvgIpc) is 3.19. The highest BCUT2D eigenvalue weighted by molar-refractivity contribution is 5.31. The van der Waals surface area contributed by atoms with Crippen molar-refractivity contribution in [2.45, 2.75) is 84.0 Å². The maximum absolute atomic E-state index is 10.2. The van der Waals surface area contributed by atoms with Crippen LogP contribution in [0.5, 0.6) is 0 Å². The first-order chi connectivity index (χ1) is 12.4. The molecule has 4 fully saturated rings. The lowest BCUT2D eigenvalue weighted by molar-refractivity contribution is -0.146. The molecule has 0 bridgehead atoms. The van der Waals surface area contributed by atoms with E-state index < -0.39 is 5.79 Å². The molecule has 0 aromatic heterocycles. The Bertz CT molecular complexity index is 607. The van der Waals surface area contributed by atoms with Gasteiger partial charge in [0, 0.05) is 0 Å². The summed E-state index contributed by atoms with van der Waals surface area (Å²) in [7, 11) is 0. The molecule has 1 heterocycles. The minimum absolute atomic E-state index is 0.0464. The normalized spacial score (nSPS) is 52.8. The maximum Gasteiger partial charge on any atom is 0.188 e. The first-order valence-electron chi connectivity index (χ1n) is 11.0. The zero-order valence-corrected chi connectivity index (χ0v) is 16.8. The maximum atomic E-state index is 10.2. The molecule has 1 N–H and O–H groups in total. The summed E-state index contributed by atoms with van der Waals surface area (Å²) in [6.45, 7) is 8.66. The van der Waals surface area contributed by atoms with E-state index in [2.05, 4.69) is 26.8 Å². The van der Waals surface area contributed by atoms with Gasteiger partial charge in [0.1, 0.15) is 0 Å². The van der Waals surface area contributed by atoms with Crippen molar-refractivity contribution in [3.63, 3.8) is 0 Å². The highest BCUT2D eigenvalue weighted by Gasteiger charge is 2.61. The number of aliphatic hydroxyl groups excluding tert-OH is 1. The predicted molar refractivity (Wildman–Crippen MR) is 102 cm³/mol. The van der Waals surface area contributed by atoms with E-state index in [-0.39, 0.29) is 11.5 Å². The smallest absolute Gasteiger partial charge is 0.188 e. The molecular formula is C23H36O3. The van der Waals surface area contributed by atoms with Gasteiger partial charge in [-0.25, -0.2) is 0 Å². The molecule has 3 nitrogen and oxygen atoms in total. The van der Waals surface area contributed by atoms with Crippen LogP contribution in [0.2, 0.25) is 0 Å². The zero-order valence-electron chi connectivity index (χ0n) is 16.8. The number of rotatable bonds is 1. The minimum Gasteiger partial charge on any atom is -0.393 e. The standard InChI is InChI=1S/C23H36O3/c1-21-10-8-16(24)14-15(21)4-5-17-18-6-7-20(23(3)25-12-13-26-23)22(18,2)11-9-19(17)21/h7,15-19,24H,4-6,8-14H2,1-3H3/t15?,16?,17-,18-,19-,21-,22-/m0/s1. The summed E-state index contributed by atoms with van der Waals surface area (Å²) >= 11 is 0. The molecule has 0 radical (unpaired) electrons. The van der Waals surface area contributed by atoms with E-state index in [9.17, 15) is 5.11 Å². The number of hydrogen-bond acceptors (Lipinski definition) is 3. The van der Waals surface area contributed by atoms with Gasteiger partial charge >= 0.3 is 0 Å². The minimum atomic E-state index is -0.480. The molecule has 1 saturated heterocycles. The van der Waals surface area contributed by atoms with E-state index in [1.807, 2.05) is 0 Å². The van der Waals surface area contributed by atoms with Gasteiger partial charge in [-0.1, -0.05) is 19.9 Å². The molecule has 0 aromatic rings. The highest BCUT2D eigenvalue weighted by atomic mass is 16.7. The first kappa shape index (κ1) is 17.7. The molecule has 0 amide bonds. The van der Waals surface area contributed by atoms with E-state index >= 15 is 0 Å². The van der Waals surface area contributed by atoms with Crippen LogP contribution >= 0.6 is 0 Å². The van der Waals surface area contributed by atoms with Crippen molar-refractivity contribution >= 4 is 0 Å². The van der Waals surface area contributed by atoms with Crippen molar-refractivity contribution in [2.75, 3.05) is 13.2 Å². The molecule has 3 saturated carbocycles. The number of aliphatic hydroxyl groups is 1. The van der Waals surface area contributed by atoms with Crippen molar-refractivity contribution < 1.29 is 14.6 Å². The van der Waals surface area contributed by atoms with Crippen molar-refractivity contribution in [1.29, 1.82) is 0 Å². The third-order valence-corrected chi connectivity index (χ3v) is 9.55. The van der Waals surface area contributed by atoms with Gasteiger partial charge in [-0.05, 0) is 98.4 Å². The topological polar surface area (TPSA) is 38.7 Å². The van der Waals surface area contributed by atoms with E-state index in [1.165, 1.54) is 44.1 Å². The Hall–Kier alpha value is -0.380. The van der Waals surface area contributed by atoms with Gasteiger partial charge in [0.05, 0.1) is 19.3 Å². The van der Waals surface area contributed by atoms with Gasteiger partial charge in [-0.3, -0.25) is 0 Å². The van der Waals surface area contributed by atoms with Crippen LogP contribution in [0.1, 0.15) is 72.1 Å². The summed E-state index contributed by atoms with van der Waals surface area (Å²) in [4.78, 5) is 0. The number of allylic oxidation sites excluding steroid dienone is 1. The summed E-state index contributed by atoms with van der Waals surface area (Å²) < 4.78 is 12.1. The second-order valence-corrected chi connectivity index (χ2v) is 10.5. The Labute approximate surface area is 158 Å². The molecule has 0 aromatic carbocycles. The third-order valence-electron chi connectivity index (χ3n) is 9.55. The molecule has 4 aliphatic carbocycles. The fourth-order valence-electron chi connectivity index (χ4n) is 8.18. The molecular weight excluding hydrogens is 324 g/mol. The summed E-state index contributed by atoms with van der Waals surface area (Å²) in [5.74, 6) is 2.70. The van der Waals surface area contributed by atoms with E-state index in [0.29, 0.717) is 5.41 Å². The SMILES string of the molecule is CC1(C2=CC[C@H]3[C@@H]4CCC5CC(O)CC[C@]5(C)[C@H]4CC[C@]23C)OCCO1.